The first kappa shape index (κ1) is 13.5. The lowest BCUT2D eigenvalue weighted by atomic mass is 9.88. The Labute approximate surface area is 115 Å². The van der Waals surface area contributed by atoms with E-state index in [2.05, 4.69) is 20.5 Å². The number of nitrogens with zero attached hydrogens (tertiary/aromatic N) is 2. The third-order valence-electron chi connectivity index (χ3n) is 4.00. The van der Waals surface area contributed by atoms with E-state index < -0.39 is 11.7 Å². The highest BCUT2D eigenvalue weighted by Crippen LogP contribution is 2.40. The summed E-state index contributed by atoms with van der Waals surface area (Å²) in [5.41, 5.74) is -0.567. The monoisotopic (exact) mass is 286 g/mol. The summed E-state index contributed by atoms with van der Waals surface area (Å²) in [6.07, 6.45) is -3.45. The molecule has 1 aromatic rings. The van der Waals surface area contributed by atoms with Crippen molar-refractivity contribution in [3.05, 3.63) is 17.8 Å². The zero-order valence-corrected chi connectivity index (χ0v) is 11.4. The number of anilines is 2. The number of piperazine rings is 1. The van der Waals surface area contributed by atoms with E-state index in [1.54, 1.807) is 0 Å². The van der Waals surface area contributed by atoms with Crippen LogP contribution >= 0.6 is 0 Å². The van der Waals surface area contributed by atoms with Crippen LogP contribution in [0.4, 0.5) is 24.7 Å². The van der Waals surface area contributed by atoms with Gasteiger partial charge in [-0.2, -0.15) is 13.2 Å². The summed E-state index contributed by atoms with van der Waals surface area (Å²) < 4.78 is 38.4. The number of hydrogen-bond donors (Lipinski definition) is 2. The van der Waals surface area contributed by atoms with Crippen molar-refractivity contribution in [2.24, 2.45) is 0 Å². The van der Waals surface area contributed by atoms with E-state index in [0.29, 0.717) is 11.5 Å². The summed E-state index contributed by atoms with van der Waals surface area (Å²) in [7, 11) is 0. The Morgan fingerprint density at radius 2 is 2.15 bits per heavy atom. The molecule has 0 saturated carbocycles. The minimum atomic E-state index is -4.37. The van der Waals surface area contributed by atoms with Gasteiger partial charge in [0.15, 0.2) is 5.82 Å². The topological polar surface area (TPSA) is 40.2 Å². The zero-order valence-electron chi connectivity index (χ0n) is 11.4. The average Bonchev–Trinajstić information content (AvgIpc) is 2.37. The maximum atomic E-state index is 12.8. The molecule has 1 saturated heterocycles. The maximum absolute atomic E-state index is 12.8. The van der Waals surface area contributed by atoms with Gasteiger partial charge in [0.1, 0.15) is 0 Å². The van der Waals surface area contributed by atoms with Gasteiger partial charge in [-0.1, -0.05) is 0 Å². The van der Waals surface area contributed by atoms with Gasteiger partial charge in [0.05, 0.1) is 22.8 Å². The van der Waals surface area contributed by atoms with Crippen molar-refractivity contribution in [1.29, 1.82) is 0 Å². The number of pyridine rings is 1. The third-order valence-corrected chi connectivity index (χ3v) is 4.00. The van der Waals surface area contributed by atoms with Gasteiger partial charge in [-0.3, -0.25) is 0 Å². The second-order valence-corrected chi connectivity index (χ2v) is 5.85. The molecule has 0 aliphatic carbocycles. The zero-order chi connectivity index (χ0) is 14.5. The molecular formula is C13H17F3N4. The van der Waals surface area contributed by atoms with Crippen molar-refractivity contribution in [1.82, 2.24) is 10.3 Å². The second-order valence-electron chi connectivity index (χ2n) is 5.85. The molecule has 2 aliphatic heterocycles. The summed E-state index contributed by atoms with van der Waals surface area (Å²) in [6, 6.07) is 1.33. The number of aromatic nitrogens is 1. The van der Waals surface area contributed by atoms with Crippen LogP contribution in [0.5, 0.6) is 0 Å². The highest BCUT2D eigenvalue weighted by atomic mass is 19.4. The molecule has 2 N–H and O–H groups in total. The predicted molar refractivity (Wildman–Crippen MR) is 70.9 cm³/mol. The fraction of sp³-hybridized carbons (Fsp3) is 0.615. The summed E-state index contributed by atoms with van der Waals surface area (Å²) in [5, 5.41) is 6.52. The van der Waals surface area contributed by atoms with Crippen LogP contribution in [-0.4, -0.2) is 36.2 Å². The van der Waals surface area contributed by atoms with Crippen molar-refractivity contribution in [3.8, 4) is 0 Å². The van der Waals surface area contributed by atoms with E-state index in [9.17, 15) is 13.2 Å². The number of alkyl halides is 3. The fourth-order valence-corrected chi connectivity index (χ4v) is 2.97. The molecule has 1 aromatic heterocycles. The van der Waals surface area contributed by atoms with Crippen molar-refractivity contribution in [2.45, 2.75) is 31.6 Å². The van der Waals surface area contributed by atoms with Gasteiger partial charge < -0.3 is 15.5 Å². The molecule has 7 heteroatoms. The summed E-state index contributed by atoms with van der Waals surface area (Å²) >= 11 is 0. The first-order chi connectivity index (χ1) is 9.29. The van der Waals surface area contributed by atoms with E-state index in [0.717, 1.165) is 31.9 Å². The number of rotatable bonds is 0. The largest absolute Gasteiger partial charge is 0.417 e. The lowest BCUT2D eigenvalue weighted by Crippen LogP contribution is -2.65. The molecular weight excluding hydrogens is 269 g/mol. The van der Waals surface area contributed by atoms with E-state index in [1.165, 1.54) is 0 Å². The van der Waals surface area contributed by atoms with Gasteiger partial charge in [0.2, 0.25) is 0 Å². The Morgan fingerprint density at radius 3 is 2.85 bits per heavy atom. The molecule has 3 heterocycles. The highest BCUT2D eigenvalue weighted by molar-refractivity contribution is 5.71. The maximum Gasteiger partial charge on any atom is 0.417 e. The van der Waals surface area contributed by atoms with Crippen LogP contribution in [0.15, 0.2) is 12.3 Å². The van der Waals surface area contributed by atoms with E-state index in [-0.39, 0.29) is 11.6 Å². The Bertz CT molecular complexity index is 527. The number of fused-ring (bicyclic) bond motifs is 3. The molecule has 0 amide bonds. The van der Waals surface area contributed by atoms with E-state index >= 15 is 0 Å². The number of nitrogens with one attached hydrogen (secondary N) is 2. The minimum Gasteiger partial charge on any atom is -0.375 e. The smallest absolute Gasteiger partial charge is 0.375 e. The van der Waals surface area contributed by atoms with Gasteiger partial charge in [-0.25, -0.2) is 4.98 Å². The molecule has 2 aliphatic rings. The summed E-state index contributed by atoms with van der Waals surface area (Å²) in [5.74, 6) is 0.615. The van der Waals surface area contributed by atoms with Crippen molar-refractivity contribution in [3.63, 3.8) is 0 Å². The molecule has 110 valence electrons. The van der Waals surface area contributed by atoms with Crippen LogP contribution in [0.3, 0.4) is 0 Å². The molecule has 1 unspecified atom stereocenters. The van der Waals surface area contributed by atoms with Gasteiger partial charge in [-0.15, -0.1) is 0 Å². The normalized spacial score (nSPS) is 24.6. The Morgan fingerprint density at radius 1 is 1.40 bits per heavy atom. The second kappa shape index (κ2) is 4.25. The highest BCUT2D eigenvalue weighted by Gasteiger charge is 2.42. The van der Waals surface area contributed by atoms with Crippen LogP contribution < -0.4 is 15.5 Å². The summed E-state index contributed by atoms with van der Waals surface area (Å²) in [4.78, 5) is 6.15. The first-order valence-corrected chi connectivity index (χ1v) is 6.62. The van der Waals surface area contributed by atoms with Gasteiger partial charge in [0.25, 0.3) is 0 Å². The summed E-state index contributed by atoms with van der Waals surface area (Å²) in [6.45, 7) is 6.36. The van der Waals surface area contributed by atoms with Crippen LogP contribution in [0.1, 0.15) is 19.4 Å². The number of halogens is 3. The lowest BCUT2D eigenvalue weighted by molar-refractivity contribution is -0.137. The molecule has 3 rings (SSSR count). The predicted octanol–water partition coefficient (Wildman–Crippen LogP) is 2.08. The van der Waals surface area contributed by atoms with Crippen LogP contribution in [0.25, 0.3) is 0 Å². The number of hydrogen-bond acceptors (Lipinski definition) is 4. The average molecular weight is 286 g/mol. The quantitative estimate of drug-likeness (QED) is 0.766. The molecule has 0 spiro atoms. The molecule has 0 aromatic carbocycles. The van der Waals surface area contributed by atoms with Crippen molar-refractivity contribution >= 4 is 11.5 Å². The van der Waals surface area contributed by atoms with Gasteiger partial charge in [-0.05, 0) is 19.9 Å². The Kier molecular flexibility index (Phi) is 2.86. The minimum absolute atomic E-state index is 0.174. The lowest BCUT2D eigenvalue weighted by Gasteiger charge is -2.50. The Balaban J connectivity index is 2.05. The van der Waals surface area contributed by atoms with Crippen LogP contribution in [0, 0.1) is 0 Å². The van der Waals surface area contributed by atoms with Gasteiger partial charge >= 0.3 is 6.18 Å². The third kappa shape index (κ3) is 2.09. The molecule has 4 nitrogen and oxygen atoms in total. The first-order valence-electron chi connectivity index (χ1n) is 6.62. The molecule has 0 bridgehead atoms. The SMILES string of the molecule is CC1(C)Nc2cc(C(F)(F)F)cnc2N2CCNCC21. The standard InChI is InChI=1S/C13H17F3N4/c1-12(2)10-7-17-3-4-20(10)11-9(19-12)5-8(6-18-11)13(14,15)16/h5-6,10,17,19H,3-4,7H2,1-2H3. The van der Waals surface area contributed by atoms with Crippen molar-refractivity contribution < 1.29 is 13.2 Å². The van der Waals surface area contributed by atoms with Crippen LogP contribution in [-0.2, 0) is 6.18 Å². The van der Waals surface area contributed by atoms with Crippen molar-refractivity contribution in [2.75, 3.05) is 29.9 Å². The molecule has 20 heavy (non-hydrogen) atoms. The van der Waals surface area contributed by atoms with Crippen LogP contribution in [0.2, 0.25) is 0 Å². The van der Waals surface area contributed by atoms with Gasteiger partial charge in [0, 0.05) is 25.8 Å². The Hall–Kier alpha value is -1.50. The molecule has 1 fully saturated rings. The van der Waals surface area contributed by atoms with E-state index in [1.807, 2.05) is 13.8 Å². The fourth-order valence-electron chi connectivity index (χ4n) is 2.97. The molecule has 1 atom stereocenters. The van der Waals surface area contributed by atoms with E-state index in [4.69, 9.17) is 0 Å². The molecule has 0 radical (unpaired) electrons.